The van der Waals surface area contributed by atoms with Crippen LogP contribution in [0.2, 0.25) is 0 Å². The van der Waals surface area contributed by atoms with Crippen molar-refractivity contribution in [3.05, 3.63) is 59.7 Å². The number of amides is 1. The largest absolute Gasteiger partial charge is 0.418 e. The second-order valence-corrected chi connectivity index (χ2v) is 4.11. The van der Waals surface area contributed by atoms with Crippen molar-refractivity contribution in [3.8, 4) is 0 Å². The van der Waals surface area contributed by atoms with Crippen LogP contribution in [0.4, 0.5) is 24.5 Å². The first-order valence-electron chi connectivity index (χ1n) is 5.71. The molecule has 3 N–H and O–H groups in total. The van der Waals surface area contributed by atoms with Gasteiger partial charge in [0.1, 0.15) is 0 Å². The number of rotatable bonds is 3. The average molecular weight is 280 g/mol. The second kappa shape index (κ2) is 5.24. The molecule has 0 aliphatic heterocycles. The Balaban J connectivity index is 2.36. The molecule has 0 aliphatic carbocycles. The Morgan fingerprint density at radius 3 is 2.40 bits per heavy atom. The number of hydrogen-bond donors (Lipinski definition) is 2. The van der Waals surface area contributed by atoms with Gasteiger partial charge in [0.2, 0.25) is 5.91 Å². The third-order valence-corrected chi connectivity index (χ3v) is 2.66. The number of nitrogens with one attached hydrogen (secondary N) is 1. The van der Waals surface area contributed by atoms with Crippen LogP contribution in [0.5, 0.6) is 0 Å². The molecule has 0 heterocycles. The molecule has 6 heteroatoms. The van der Waals surface area contributed by atoms with E-state index in [4.69, 9.17) is 5.73 Å². The third-order valence-electron chi connectivity index (χ3n) is 2.66. The second-order valence-electron chi connectivity index (χ2n) is 4.11. The number of anilines is 2. The third kappa shape index (κ3) is 3.09. The zero-order valence-electron chi connectivity index (χ0n) is 10.2. The van der Waals surface area contributed by atoms with Crippen LogP contribution in [0.15, 0.2) is 48.5 Å². The van der Waals surface area contributed by atoms with Crippen LogP contribution in [0.1, 0.15) is 15.9 Å². The van der Waals surface area contributed by atoms with E-state index in [-0.39, 0.29) is 11.3 Å². The minimum Gasteiger partial charge on any atom is -0.366 e. The number of carbonyl (C=O) groups is 1. The van der Waals surface area contributed by atoms with Crippen LogP contribution < -0.4 is 11.1 Å². The SMILES string of the molecule is NC(=O)c1cccc(Nc2ccccc2C(F)(F)F)c1. The number of benzene rings is 2. The topological polar surface area (TPSA) is 55.1 Å². The van der Waals surface area contributed by atoms with Crippen molar-refractivity contribution in [1.29, 1.82) is 0 Å². The summed E-state index contributed by atoms with van der Waals surface area (Å²) in [6.07, 6.45) is -4.45. The van der Waals surface area contributed by atoms with Crippen LogP contribution >= 0.6 is 0 Å². The van der Waals surface area contributed by atoms with E-state index in [2.05, 4.69) is 5.32 Å². The molecule has 0 aliphatic rings. The number of alkyl halides is 3. The molecule has 2 aromatic rings. The Hall–Kier alpha value is -2.50. The summed E-state index contributed by atoms with van der Waals surface area (Å²) in [4.78, 5) is 11.0. The van der Waals surface area contributed by atoms with E-state index < -0.39 is 17.6 Å². The smallest absolute Gasteiger partial charge is 0.366 e. The molecule has 20 heavy (non-hydrogen) atoms. The summed E-state index contributed by atoms with van der Waals surface area (Å²) in [5, 5.41) is 2.65. The highest BCUT2D eigenvalue weighted by Crippen LogP contribution is 2.35. The van der Waals surface area contributed by atoms with Gasteiger partial charge in [-0.05, 0) is 30.3 Å². The number of halogens is 3. The van der Waals surface area contributed by atoms with Gasteiger partial charge in [0.05, 0.1) is 11.3 Å². The predicted octanol–water partition coefficient (Wildman–Crippen LogP) is 3.55. The summed E-state index contributed by atoms with van der Waals surface area (Å²) >= 11 is 0. The first-order chi connectivity index (χ1) is 9.38. The van der Waals surface area contributed by atoms with Crippen LogP contribution in [0.3, 0.4) is 0 Å². The first-order valence-corrected chi connectivity index (χ1v) is 5.71. The van der Waals surface area contributed by atoms with E-state index in [0.717, 1.165) is 6.07 Å². The maximum Gasteiger partial charge on any atom is 0.418 e. The van der Waals surface area contributed by atoms with Crippen molar-refractivity contribution in [3.63, 3.8) is 0 Å². The Morgan fingerprint density at radius 1 is 1.05 bits per heavy atom. The molecule has 0 saturated heterocycles. The Labute approximate surface area is 113 Å². The zero-order chi connectivity index (χ0) is 14.8. The molecule has 0 spiro atoms. The average Bonchev–Trinajstić information content (AvgIpc) is 2.38. The molecule has 2 aromatic carbocycles. The van der Waals surface area contributed by atoms with Gasteiger partial charge in [-0.15, -0.1) is 0 Å². The maximum absolute atomic E-state index is 12.8. The van der Waals surface area contributed by atoms with Gasteiger partial charge < -0.3 is 11.1 Å². The molecule has 0 atom stereocenters. The molecular formula is C14H11F3N2O. The molecular weight excluding hydrogens is 269 g/mol. The van der Waals surface area contributed by atoms with Crippen molar-refractivity contribution in [2.45, 2.75) is 6.18 Å². The summed E-state index contributed by atoms with van der Waals surface area (Å²) in [6, 6.07) is 11.1. The van der Waals surface area contributed by atoms with Crippen molar-refractivity contribution in [1.82, 2.24) is 0 Å². The van der Waals surface area contributed by atoms with Gasteiger partial charge >= 0.3 is 6.18 Å². The van der Waals surface area contributed by atoms with E-state index in [1.807, 2.05) is 0 Å². The summed E-state index contributed by atoms with van der Waals surface area (Å²) in [6.45, 7) is 0. The molecule has 3 nitrogen and oxygen atoms in total. The van der Waals surface area contributed by atoms with Gasteiger partial charge in [-0.25, -0.2) is 0 Å². The van der Waals surface area contributed by atoms with E-state index >= 15 is 0 Å². The quantitative estimate of drug-likeness (QED) is 0.903. The molecule has 0 unspecified atom stereocenters. The standard InChI is InChI=1S/C14H11F3N2O/c15-14(16,17)11-6-1-2-7-12(11)19-10-5-3-4-9(8-10)13(18)20/h1-8,19H,(H2,18,20). The maximum atomic E-state index is 12.8. The number of para-hydroxylation sites is 1. The molecule has 2 rings (SSSR count). The van der Waals surface area contributed by atoms with E-state index in [1.54, 1.807) is 12.1 Å². The molecule has 0 saturated carbocycles. The molecule has 0 fully saturated rings. The summed E-state index contributed by atoms with van der Waals surface area (Å²) < 4.78 is 38.5. The van der Waals surface area contributed by atoms with E-state index in [0.29, 0.717) is 5.69 Å². The van der Waals surface area contributed by atoms with Crippen LogP contribution in [-0.4, -0.2) is 5.91 Å². The van der Waals surface area contributed by atoms with Gasteiger partial charge in [0.15, 0.2) is 0 Å². The van der Waals surface area contributed by atoms with Crippen LogP contribution in [0, 0.1) is 0 Å². The van der Waals surface area contributed by atoms with E-state index in [9.17, 15) is 18.0 Å². The number of primary amides is 1. The monoisotopic (exact) mass is 280 g/mol. The van der Waals surface area contributed by atoms with Crippen molar-refractivity contribution >= 4 is 17.3 Å². The summed E-state index contributed by atoms with van der Waals surface area (Å²) in [7, 11) is 0. The minimum atomic E-state index is -4.45. The van der Waals surface area contributed by atoms with Gasteiger partial charge in [-0.3, -0.25) is 4.79 Å². The van der Waals surface area contributed by atoms with Gasteiger partial charge in [-0.1, -0.05) is 18.2 Å². The predicted molar refractivity (Wildman–Crippen MR) is 69.7 cm³/mol. The molecule has 0 radical (unpaired) electrons. The minimum absolute atomic E-state index is 0.0818. The van der Waals surface area contributed by atoms with E-state index in [1.165, 1.54) is 30.3 Å². The van der Waals surface area contributed by atoms with Crippen LogP contribution in [0.25, 0.3) is 0 Å². The summed E-state index contributed by atoms with van der Waals surface area (Å²) in [5.41, 5.74) is 4.85. The van der Waals surface area contributed by atoms with Gasteiger partial charge in [0, 0.05) is 11.3 Å². The highest BCUT2D eigenvalue weighted by molar-refractivity contribution is 5.93. The highest BCUT2D eigenvalue weighted by atomic mass is 19.4. The van der Waals surface area contributed by atoms with Crippen LogP contribution in [-0.2, 0) is 6.18 Å². The molecule has 0 aromatic heterocycles. The molecule has 0 bridgehead atoms. The van der Waals surface area contributed by atoms with Gasteiger partial charge in [0.25, 0.3) is 0 Å². The fourth-order valence-electron chi connectivity index (χ4n) is 1.75. The molecule has 1 amide bonds. The number of hydrogen-bond acceptors (Lipinski definition) is 2. The number of nitrogens with two attached hydrogens (primary N) is 1. The van der Waals surface area contributed by atoms with Crippen molar-refractivity contribution < 1.29 is 18.0 Å². The van der Waals surface area contributed by atoms with Crippen molar-refractivity contribution in [2.24, 2.45) is 5.73 Å². The highest BCUT2D eigenvalue weighted by Gasteiger charge is 2.33. The lowest BCUT2D eigenvalue weighted by Crippen LogP contribution is -2.11. The Morgan fingerprint density at radius 2 is 1.75 bits per heavy atom. The van der Waals surface area contributed by atoms with Crippen molar-refractivity contribution in [2.75, 3.05) is 5.32 Å². The lowest BCUT2D eigenvalue weighted by molar-refractivity contribution is -0.136. The lowest BCUT2D eigenvalue weighted by atomic mass is 10.1. The number of carbonyl (C=O) groups excluding carboxylic acids is 1. The summed E-state index contributed by atoms with van der Waals surface area (Å²) in [5.74, 6) is -0.641. The van der Waals surface area contributed by atoms with Gasteiger partial charge in [-0.2, -0.15) is 13.2 Å². The zero-order valence-corrected chi connectivity index (χ0v) is 10.2. The first kappa shape index (κ1) is 13.9. The fraction of sp³-hybridized carbons (Fsp3) is 0.0714. The lowest BCUT2D eigenvalue weighted by Gasteiger charge is -2.14. The normalized spacial score (nSPS) is 11.2. The fourth-order valence-corrected chi connectivity index (χ4v) is 1.75. The Kier molecular flexibility index (Phi) is 3.65. The molecule has 104 valence electrons. The Bertz CT molecular complexity index is 638.